The van der Waals surface area contributed by atoms with Crippen molar-refractivity contribution in [1.82, 2.24) is 0 Å². The van der Waals surface area contributed by atoms with Gasteiger partial charge in [0.15, 0.2) is 6.54 Å². The third-order valence-electron chi connectivity index (χ3n) is 1.90. The van der Waals surface area contributed by atoms with Gasteiger partial charge in [0.2, 0.25) is 0 Å². The van der Waals surface area contributed by atoms with E-state index in [0.29, 0.717) is 0 Å². The van der Waals surface area contributed by atoms with Gasteiger partial charge in [-0.1, -0.05) is 6.58 Å². The first-order valence-corrected chi connectivity index (χ1v) is 4.12. The Kier molecular flexibility index (Phi) is 3.20. The third kappa shape index (κ3) is 2.34. The molecule has 0 radical (unpaired) electrons. The van der Waals surface area contributed by atoms with Gasteiger partial charge in [-0.3, -0.25) is 0 Å². The van der Waals surface area contributed by atoms with E-state index in [0.717, 1.165) is 6.54 Å². The third-order valence-corrected chi connectivity index (χ3v) is 1.90. The molecule has 1 aliphatic heterocycles. The minimum atomic E-state index is 1.03. The van der Waals surface area contributed by atoms with E-state index in [2.05, 4.69) is 17.4 Å². The molecule has 1 nitrogen and oxygen atoms in total. The molecule has 0 aliphatic carbocycles. The van der Waals surface area contributed by atoms with E-state index in [9.17, 15) is 0 Å². The first-order chi connectivity index (χ1) is 4.93. The molecule has 1 heteroatoms. The van der Waals surface area contributed by atoms with E-state index < -0.39 is 0 Å². The van der Waals surface area contributed by atoms with Crippen LogP contribution in [0.5, 0.6) is 0 Å². The predicted octanol–water partition coefficient (Wildman–Crippen LogP) is 1.83. The Morgan fingerprint density at radius 2 is 2.30 bits per heavy atom. The van der Waals surface area contributed by atoms with E-state index >= 15 is 0 Å². The van der Waals surface area contributed by atoms with Crippen LogP contribution in [0.15, 0.2) is 12.7 Å². The summed E-state index contributed by atoms with van der Waals surface area (Å²) in [7, 11) is 0. The summed E-state index contributed by atoms with van der Waals surface area (Å²) in [5.41, 5.74) is 0. The molecule has 0 aromatic carbocycles. The summed E-state index contributed by atoms with van der Waals surface area (Å²) in [4.78, 5) is 0. The Bertz CT molecular complexity index is 136. The van der Waals surface area contributed by atoms with Gasteiger partial charge in [0, 0.05) is 12.8 Å². The van der Waals surface area contributed by atoms with Crippen LogP contribution in [0, 0.1) is 0 Å². The summed E-state index contributed by atoms with van der Waals surface area (Å²) < 4.78 is 2.36. The van der Waals surface area contributed by atoms with Crippen molar-refractivity contribution >= 4 is 6.21 Å². The van der Waals surface area contributed by atoms with E-state index in [1.54, 1.807) is 0 Å². The molecule has 0 saturated carbocycles. The fraction of sp³-hybridized carbons (Fsp3) is 0.667. The molecule has 0 bridgehead atoms. The standard InChI is InChI=1S/C9H16N/c1-2-7-10-8-5-3-4-6-9-10/h2,8H,1,3-7,9H2/q+1. The van der Waals surface area contributed by atoms with Crippen molar-refractivity contribution in [3.8, 4) is 0 Å². The molecule has 0 amide bonds. The van der Waals surface area contributed by atoms with Crippen molar-refractivity contribution in [2.75, 3.05) is 13.1 Å². The molecule has 0 saturated heterocycles. The molecule has 0 unspecified atom stereocenters. The van der Waals surface area contributed by atoms with E-state index in [1.165, 1.54) is 32.2 Å². The van der Waals surface area contributed by atoms with Crippen LogP contribution in [0.4, 0.5) is 0 Å². The van der Waals surface area contributed by atoms with Crippen molar-refractivity contribution in [3.05, 3.63) is 12.7 Å². The first-order valence-electron chi connectivity index (χ1n) is 4.12. The van der Waals surface area contributed by atoms with Crippen LogP contribution < -0.4 is 0 Å². The molecule has 0 fully saturated rings. The average Bonchev–Trinajstić information content (AvgIpc) is 2.17. The van der Waals surface area contributed by atoms with Crippen LogP contribution >= 0.6 is 0 Å². The monoisotopic (exact) mass is 138 g/mol. The second-order valence-corrected chi connectivity index (χ2v) is 2.82. The van der Waals surface area contributed by atoms with Gasteiger partial charge in [-0.05, 0) is 18.9 Å². The van der Waals surface area contributed by atoms with Crippen LogP contribution in [-0.4, -0.2) is 23.9 Å². The molecular formula is C9H16N+. The minimum absolute atomic E-state index is 1.03. The normalized spacial score (nSPS) is 19.4. The Morgan fingerprint density at radius 1 is 1.40 bits per heavy atom. The second kappa shape index (κ2) is 4.26. The van der Waals surface area contributed by atoms with Gasteiger partial charge >= 0.3 is 0 Å². The topological polar surface area (TPSA) is 3.01 Å². The second-order valence-electron chi connectivity index (χ2n) is 2.82. The fourth-order valence-corrected chi connectivity index (χ4v) is 1.33. The van der Waals surface area contributed by atoms with E-state index in [4.69, 9.17) is 0 Å². The smallest absolute Gasteiger partial charge is 0.160 e. The number of hydrogen-bond donors (Lipinski definition) is 0. The Morgan fingerprint density at radius 3 is 3.10 bits per heavy atom. The Balaban J connectivity index is 2.38. The van der Waals surface area contributed by atoms with Crippen molar-refractivity contribution in [2.24, 2.45) is 0 Å². The van der Waals surface area contributed by atoms with Crippen LogP contribution in [0.3, 0.4) is 0 Å². The van der Waals surface area contributed by atoms with Crippen LogP contribution in [-0.2, 0) is 0 Å². The summed E-state index contributed by atoms with van der Waals surface area (Å²) in [5, 5.41) is 0. The molecule has 1 rings (SSSR count). The van der Waals surface area contributed by atoms with Gasteiger partial charge in [0.25, 0.3) is 0 Å². The van der Waals surface area contributed by atoms with Crippen molar-refractivity contribution < 1.29 is 4.58 Å². The molecule has 56 valence electrons. The molecule has 0 N–H and O–H groups in total. The molecule has 0 aromatic heterocycles. The summed E-state index contributed by atoms with van der Waals surface area (Å²) in [5.74, 6) is 0. The largest absolute Gasteiger partial charge is 0.236 e. The zero-order valence-electron chi connectivity index (χ0n) is 6.55. The van der Waals surface area contributed by atoms with Gasteiger partial charge in [0.05, 0.1) is 0 Å². The number of rotatable bonds is 2. The predicted molar refractivity (Wildman–Crippen MR) is 44.7 cm³/mol. The van der Waals surface area contributed by atoms with Gasteiger partial charge < -0.3 is 0 Å². The van der Waals surface area contributed by atoms with Crippen LogP contribution in [0.1, 0.15) is 25.7 Å². The Labute approximate surface area is 63.1 Å². The van der Waals surface area contributed by atoms with Crippen molar-refractivity contribution in [2.45, 2.75) is 25.7 Å². The van der Waals surface area contributed by atoms with Crippen LogP contribution in [0.2, 0.25) is 0 Å². The molecule has 0 atom stereocenters. The highest BCUT2D eigenvalue weighted by Gasteiger charge is 2.04. The highest BCUT2D eigenvalue weighted by atomic mass is 15.0. The minimum Gasteiger partial charge on any atom is -0.236 e. The quantitative estimate of drug-likeness (QED) is 0.404. The van der Waals surface area contributed by atoms with Crippen molar-refractivity contribution in [1.29, 1.82) is 0 Å². The Hall–Kier alpha value is -0.590. The SMILES string of the molecule is C=CC[N+]1=CCCCCC1. The highest BCUT2D eigenvalue weighted by molar-refractivity contribution is 5.51. The molecule has 0 aromatic rings. The summed E-state index contributed by atoms with van der Waals surface area (Å²) >= 11 is 0. The van der Waals surface area contributed by atoms with Gasteiger partial charge in [-0.25, -0.2) is 4.58 Å². The molecule has 0 spiro atoms. The average molecular weight is 138 g/mol. The number of nitrogens with zero attached hydrogens (tertiary/aromatic N) is 1. The van der Waals surface area contributed by atoms with Gasteiger partial charge in [-0.15, -0.1) is 0 Å². The van der Waals surface area contributed by atoms with Crippen molar-refractivity contribution in [3.63, 3.8) is 0 Å². The highest BCUT2D eigenvalue weighted by Crippen LogP contribution is 2.02. The number of hydrogen-bond acceptors (Lipinski definition) is 0. The maximum Gasteiger partial charge on any atom is 0.160 e. The lowest BCUT2D eigenvalue weighted by Crippen LogP contribution is -2.12. The summed E-state index contributed by atoms with van der Waals surface area (Å²) in [6.45, 7) is 5.98. The first kappa shape index (κ1) is 7.52. The lowest BCUT2D eigenvalue weighted by molar-refractivity contribution is -0.513. The maximum absolute atomic E-state index is 3.72. The lowest BCUT2D eigenvalue weighted by Gasteiger charge is -1.94. The van der Waals surface area contributed by atoms with Gasteiger partial charge in [0.1, 0.15) is 12.8 Å². The van der Waals surface area contributed by atoms with Gasteiger partial charge in [-0.2, -0.15) is 0 Å². The zero-order valence-corrected chi connectivity index (χ0v) is 6.55. The lowest BCUT2D eigenvalue weighted by atomic mass is 10.2. The maximum atomic E-state index is 3.72. The summed E-state index contributed by atoms with van der Waals surface area (Å²) in [6, 6.07) is 0. The molecular weight excluding hydrogens is 122 g/mol. The van der Waals surface area contributed by atoms with E-state index in [1.807, 2.05) is 6.08 Å². The summed E-state index contributed by atoms with van der Waals surface area (Å²) in [6.07, 6.45) is 9.66. The molecule has 1 heterocycles. The van der Waals surface area contributed by atoms with E-state index in [-0.39, 0.29) is 0 Å². The fourth-order valence-electron chi connectivity index (χ4n) is 1.33. The zero-order chi connectivity index (χ0) is 7.23. The van der Waals surface area contributed by atoms with Crippen LogP contribution in [0.25, 0.3) is 0 Å². The molecule has 10 heavy (non-hydrogen) atoms. The molecule has 1 aliphatic rings.